The number of esters is 4. The van der Waals surface area contributed by atoms with Crippen molar-refractivity contribution in [1.29, 1.82) is 0 Å². The number of aliphatic hydroxyl groups excluding tert-OH is 2. The lowest BCUT2D eigenvalue weighted by molar-refractivity contribution is -0.354. The monoisotopic (exact) mass is 834 g/mol. The van der Waals surface area contributed by atoms with Gasteiger partial charge >= 0.3 is 23.9 Å². The van der Waals surface area contributed by atoms with Gasteiger partial charge in [-0.2, -0.15) is 0 Å². The first-order chi connectivity index (χ1) is 28.1. The minimum Gasteiger partial charge on any atom is -0.456 e. The van der Waals surface area contributed by atoms with Gasteiger partial charge in [-0.25, -0.2) is 4.79 Å². The number of ether oxygens (including phenoxy) is 6. The third-order valence-electron chi connectivity index (χ3n) is 13.7. The molecule has 0 amide bonds. The molecule has 2 saturated carbocycles. The highest BCUT2D eigenvalue weighted by Gasteiger charge is 2.78. The molecule has 0 spiro atoms. The number of hydrogen-bond acceptors (Lipinski definition) is 14. The fourth-order valence-electron chi connectivity index (χ4n) is 10.0. The first-order valence-corrected chi connectivity index (χ1v) is 20.6. The molecule has 1 saturated heterocycles. The van der Waals surface area contributed by atoms with E-state index < -0.39 is 119 Å². The Hall–Kier alpha value is -4.47. The molecule has 13 atom stereocenters. The van der Waals surface area contributed by atoms with Crippen molar-refractivity contribution < 1.29 is 67.7 Å². The second-order valence-corrected chi connectivity index (χ2v) is 17.6. The lowest BCUT2D eigenvalue weighted by Gasteiger charge is -2.68. The number of hydrogen-bond donors (Lipinski definition) is 3. The first-order valence-electron chi connectivity index (χ1n) is 20.6. The maximum atomic E-state index is 15.5. The molecule has 2 aromatic rings. The summed E-state index contributed by atoms with van der Waals surface area (Å²) in [5.41, 5.74) is -5.80. The summed E-state index contributed by atoms with van der Waals surface area (Å²) in [6.45, 7) is 13.8. The summed E-state index contributed by atoms with van der Waals surface area (Å²) in [7, 11) is 0. The van der Waals surface area contributed by atoms with Crippen molar-refractivity contribution in [2.24, 2.45) is 22.7 Å². The quantitative estimate of drug-likeness (QED) is 0.149. The van der Waals surface area contributed by atoms with Gasteiger partial charge in [0.1, 0.15) is 17.8 Å². The molecule has 1 aliphatic heterocycles. The Bertz CT molecular complexity index is 2000. The number of ketones is 1. The van der Waals surface area contributed by atoms with E-state index in [2.05, 4.69) is 0 Å². The van der Waals surface area contributed by atoms with Crippen LogP contribution in [0.3, 0.4) is 0 Å². The van der Waals surface area contributed by atoms with Gasteiger partial charge in [0.2, 0.25) is 0 Å². The van der Waals surface area contributed by atoms with Crippen LogP contribution in [-0.2, 0) is 52.4 Å². The van der Waals surface area contributed by atoms with E-state index in [9.17, 15) is 34.5 Å². The van der Waals surface area contributed by atoms with Crippen LogP contribution in [0.2, 0.25) is 0 Å². The van der Waals surface area contributed by atoms with Crippen molar-refractivity contribution in [3.63, 3.8) is 0 Å². The summed E-state index contributed by atoms with van der Waals surface area (Å²) in [5.74, 6) is -5.99. The average molecular weight is 835 g/mol. The number of benzene rings is 2. The van der Waals surface area contributed by atoms with E-state index in [4.69, 9.17) is 28.4 Å². The molecule has 4 aliphatic rings. The van der Waals surface area contributed by atoms with Gasteiger partial charge in [0, 0.05) is 38.0 Å². The Morgan fingerprint density at radius 3 is 2.03 bits per heavy atom. The molecule has 60 heavy (non-hydrogen) atoms. The lowest BCUT2D eigenvalue weighted by atomic mass is 9.44. The van der Waals surface area contributed by atoms with E-state index in [1.807, 2.05) is 30.3 Å². The molecule has 2 unspecified atom stereocenters. The number of fused-ring (bicyclic) bond motifs is 5. The van der Waals surface area contributed by atoms with Crippen LogP contribution in [0, 0.1) is 22.7 Å². The van der Waals surface area contributed by atoms with Crippen LogP contribution >= 0.6 is 0 Å². The molecule has 0 radical (unpaired) electrons. The van der Waals surface area contributed by atoms with Crippen LogP contribution in [-0.4, -0.2) is 99.4 Å². The van der Waals surface area contributed by atoms with Crippen molar-refractivity contribution in [1.82, 2.24) is 0 Å². The van der Waals surface area contributed by atoms with Crippen molar-refractivity contribution >= 4 is 29.7 Å². The fraction of sp³-hybridized carbons (Fsp3) is 0.587. The lowest BCUT2D eigenvalue weighted by Crippen LogP contribution is -2.81. The van der Waals surface area contributed by atoms with Crippen LogP contribution in [0.1, 0.15) is 105 Å². The molecule has 3 aliphatic carbocycles. The highest BCUT2D eigenvalue weighted by Crippen LogP contribution is 2.65. The van der Waals surface area contributed by atoms with Crippen molar-refractivity contribution in [3.05, 3.63) is 82.9 Å². The minimum atomic E-state index is -2.17. The predicted octanol–water partition coefficient (Wildman–Crippen LogP) is 4.82. The van der Waals surface area contributed by atoms with Gasteiger partial charge in [-0.3, -0.25) is 19.2 Å². The number of aliphatic hydroxyl groups is 3. The standard InChI is InChI=1S/C46H58O14/c1-10-24(2)41(52)59-36(30-19-15-12-16-20-30)35(50)42(53)58-31-22-46(54)40(56-26(4)29-17-13-11-14-18-29)38-44(9,32(49)21-33-45(38,23-55-33)60-28(6)48)39(51)37(57-27(5)47)34(25(31)3)43(46,7)8/h11-20,24,26,31-33,35-38,40,49-50,54H,10,21-23H2,1-9H3/t24?,26?,31-,32+,33-,35-,36+,37-,38-,40-,44-,45+,46-/m1/s1. The Labute approximate surface area is 350 Å². The van der Waals surface area contributed by atoms with E-state index >= 15 is 4.79 Å². The van der Waals surface area contributed by atoms with Gasteiger partial charge in [-0.15, -0.1) is 0 Å². The molecule has 14 nitrogen and oxygen atoms in total. The minimum absolute atomic E-state index is 0.105. The number of carbonyl (C=O) groups is 5. The second-order valence-electron chi connectivity index (χ2n) is 17.6. The highest BCUT2D eigenvalue weighted by molar-refractivity contribution is 5.95. The second kappa shape index (κ2) is 16.8. The molecule has 1 heterocycles. The summed E-state index contributed by atoms with van der Waals surface area (Å²) < 4.78 is 36.9. The van der Waals surface area contributed by atoms with Crippen molar-refractivity contribution in [2.45, 2.75) is 142 Å². The molecule has 3 fully saturated rings. The maximum absolute atomic E-state index is 15.5. The van der Waals surface area contributed by atoms with Gasteiger partial charge in [-0.1, -0.05) is 88.4 Å². The SMILES string of the molecule is CCC(C)C(=O)O[C@@H](c1ccccc1)[C@@H](O)C(=O)O[C@@H]1C[C@@]2(O)[C@H](OC(C)c3ccccc3)[C@H]3[C@]4(OC(C)=O)CO[C@@H]4C[C@H](O)[C@@]3(C)C(=O)[C@H](OC(C)=O)C(=C1C)C2(C)C. The Morgan fingerprint density at radius 2 is 1.50 bits per heavy atom. The zero-order valence-electron chi connectivity index (χ0n) is 35.7. The predicted molar refractivity (Wildman–Crippen MR) is 213 cm³/mol. The Morgan fingerprint density at radius 1 is 0.900 bits per heavy atom. The molecule has 6 rings (SSSR count). The van der Waals surface area contributed by atoms with E-state index in [0.29, 0.717) is 17.5 Å². The summed E-state index contributed by atoms with van der Waals surface area (Å²) in [4.78, 5) is 68.8. The zero-order valence-corrected chi connectivity index (χ0v) is 35.7. The van der Waals surface area contributed by atoms with Crippen LogP contribution in [0.4, 0.5) is 0 Å². The molecule has 326 valence electrons. The van der Waals surface area contributed by atoms with Gasteiger partial charge in [0.15, 0.2) is 29.7 Å². The number of Topliss-reactive ketones (excluding diaryl/α,β-unsaturated/α-hetero) is 1. The molecule has 0 aromatic heterocycles. The Kier molecular flexibility index (Phi) is 12.6. The average Bonchev–Trinajstić information content (AvgIpc) is 3.20. The van der Waals surface area contributed by atoms with Crippen LogP contribution in [0.5, 0.6) is 0 Å². The highest BCUT2D eigenvalue weighted by atomic mass is 16.6. The third kappa shape index (κ3) is 7.48. The first kappa shape index (κ1) is 45.1. The molecule has 3 N–H and O–H groups in total. The topological polar surface area (TPSA) is 201 Å². The van der Waals surface area contributed by atoms with E-state index in [-0.39, 0.29) is 24.2 Å². The zero-order chi connectivity index (χ0) is 44.1. The van der Waals surface area contributed by atoms with Gasteiger partial charge in [-0.05, 0) is 49.5 Å². The van der Waals surface area contributed by atoms with E-state index in [1.54, 1.807) is 71.9 Å². The summed E-state index contributed by atoms with van der Waals surface area (Å²) in [6, 6.07) is 17.4. The summed E-state index contributed by atoms with van der Waals surface area (Å²) in [5, 5.41) is 37.6. The van der Waals surface area contributed by atoms with Crippen LogP contribution < -0.4 is 0 Å². The number of carbonyl (C=O) groups excluding carboxylic acids is 5. The third-order valence-corrected chi connectivity index (χ3v) is 13.7. The number of rotatable bonds is 12. The molecular formula is C46H58O14. The van der Waals surface area contributed by atoms with E-state index in [0.717, 1.165) is 6.92 Å². The van der Waals surface area contributed by atoms with Gasteiger partial charge < -0.3 is 43.7 Å². The van der Waals surface area contributed by atoms with E-state index in [1.165, 1.54) is 13.8 Å². The fourth-order valence-corrected chi connectivity index (χ4v) is 10.0. The van der Waals surface area contributed by atoms with Crippen LogP contribution in [0.15, 0.2) is 71.8 Å². The summed E-state index contributed by atoms with van der Waals surface area (Å²) >= 11 is 0. The van der Waals surface area contributed by atoms with Gasteiger partial charge in [0.05, 0.1) is 36.3 Å². The molecular weight excluding hydrogens is 776 g/mol. The normalized spacial score (nSPS) is 33.8. The van der Waals surface area contributed by atoms with Crippen LogP contribution in [0.25, 0.3) is 0 Å². The maximum Gasteiger partial charge on any atom is 0.339 e. The van der Waals surface area contributed by atoms with Crippen molar-refractivity contribution in [2.75, 3.05) is 6.61 Å². The molecule has 2 aromatic carbocycles. The summed E-state index contributed by atoms with van der Waals surface area (Å²) in [6.07, 6.45) is -11.3. The molecule has 2 bridgehead atoms. The smallest absolute Gasteiger partial charge is 0.339 e. The Balaban J connectivity index is 1.55. The largest absolute Gasteiger partial charge is 0.456 e. The van der Waals surface area contributed by atoms with Crippen molar-refractivity contribution in [3.8, 4) is 0 Å². The molecule has 14 heteroatoms. The van der Waals surface area contributed by atoms with Gasteiger partial charge in [0.25, 0.3) is 0 Å².